The average molecular weight is 161 g/mol. The Hall–Kier alpha value is -0.110. The average Bonchev–Trinajstić information content (AvgIpc) is 1.90. The minimum absolute atomic E-state index is 0.326. The standard InChI is InChI=1S/C9H20FN/c1-5-9(6-2,7-3)8(4,10)11/h5-7,11H2,1-4H3. The van der Waals surface area contributed by atoms with Crippen LogP contribution in [0.5, 0.6) is 0 Å². The highest BCUT2D eigenvalue weighted by Crippen LogP contribution is 2.40. The molecule has 0 fully saturated rings. The molecule has 2 N–H and O–H groups in total. The molecular weight excluding hydrogens is 141 g/mol. The molecule has 0 aromatic rings. The summed E-state index contributed by atoms with van der Waals surface area (Å²) in [5.41, 5.74) is 5.15. The molecule has 11 heavy (non-hydrogen) atoms. The summed E-state index contributed by atoms with van der Waals surface area (Å²) in [4.78, 5) is 0. The van der Waals surface area contributed by atoms with Crippen LogP contribution < -0.4 is 5.73 Å². The smallest absolute Gasteiger partial charge is 0.161 e. The van der Waals surface area contributed by atoms with E-state index >= 15 is 0 Å². The Bertz CT molecular complexity index is 103. The van der Waals surface area contributed by atoms with Gasteiger partial charge in [0.25, 0.3) is 0 Å². The molecule has 0 aliphatic carbocycles. The van der Waals surface area contributed by atoms with Crippen molar-refractivity contribution in [2.45, 2.75) is 52.8 Å². The molecule has 0 bridgehead atoms. The molecule has 0 saturated carbocycles. The van der Waals surface area contributed by atoms with Gasteiger partial charge >= 0.3 is 0 Å². The summed E-state index contributed by atoms with van der Waals surface area (Å²) in [5.74, 6) is -1.54. The highest BCUT2D eigenvalue weighted by atomic mass is 19.1. The van der Waals surface area contributed by atoms with Crippen LogP contribution in [-0.4, -0.2) is 5.79 Å². The van der Waals surface area contributed by atoms with Crippen LogP contribution in [0, 0.1) is 5.41 Å². The lowest BCUT2D eigenvalue weighted by Gasteiger charge is -2.39. The monoisotopic (exact) mass is 161 g/mol. The van der Waals surface area contributed by atoms with Crippen LogP contribution in [0.1, 0.15) is 47.0 Å². The molecule has 0 aliphatic heterocycles. The molecule has 0 aromatic heterocycles. The Morgan fingerprint density at radius 2 is 1.36 bits per heavy atom. The summed E-state index contributed by atoms with van der Waals surface area (Å²) in [6.45, 7) is 7.47. The van der Waals surface area contributed by atoms with Crippen LogP contribution in [0.2, 0.25) is 0 Å². The second-order valence-corrected chi connectivity index (χ2v) is 3.42. The molecule has 0 rings (SSSR count). The normalized spacial score (nSPS) is 18.0. The topological polar surface area (TPSA) is 26.0 Å². The van der Waals surface area contributed by atoms with Gasteiger partial charge in [-0.05, 0) is 26.2 Å². The molecule has 0 aromatic carbocycles. The quantitative estimate of drug-likeness (QED) is 0.630. The maximum absolute atomic E-state index is 13.5. The number of hydrogen-bond acceptors (Lipinski definition) is 1. The fourth-order valence-electron chi connectivity index (χ4n) is 1.79. The van der Waals surface area contributed by atoms with Crippen LogP contribution >= 0.6 is 0 Å². The minimum atomic E-state index is -1.54. The van der Waals surface area contributed by atoms with Gasteiger partial charge in [-0.3, -0.25) is 5.73 Å². The third-order valence-electron chi connectivity index (χ3n) is 3.07. The fraction of sp³-hybridized carbons (Fsp3) is 1.00. The summed E-state index contributed by atoms with van der Waals surface area (Å²) >= 11 is 0. The Morgan fingerprint density at radius 1 is 1.09 bits per heavy atom. The molecule has 0 amide bonds. The van der Waals surface area contributed by atoms with Crippen molar-refractivity contribution in [2.24, 2.45) is 11.1 Å². The van der Waals surface area contributed by atoms with E-state index in [-0.39, 0.29) is 5.41 Å². The Morgan fingerprint density at radius 3 is 1.36 bits per heavy atom. The first-order valence-corrected chi connectivity index (χ1v) is 4.41. The molecular formula is C9H20FN. The second-order valence-electron chi connectivity index (χ2n) is 3.42. The minimum Gasteiger partial charge on any atom is -0.299 e. The van der Waals surface area contributed by atoms with Gasteiger partial charge in [0, 0.05) is 5.41 Å². The molecule has 0 radical (unpaired) electrons. The van der Waals surface area contributed by atoms with Gasteiger partial charge in [0.15, 0.2) is 5.79 Å². The van der Waals surface area contributed by atoms with E-state index in [4.69, 9.17) is 5.73 Å². The van der Waals surface area contributed by atoms with E-state index in [2.05, 4.69) is 0 Å². The molecule has 0 aliphatic rings. The van der Waals surface area contributed by atoms with Crippen molar-refractivity contribution in [1.82, 2.24) is 0 Å². The van der Waals surface area contributed by atoms with Crippen molar-refractivity contribution in [3.05, 3.63) is 0 Å². The van der Waals surface area contributed by atoms with E-state index in [0.29, 0.717) is 0 Å². The largest absolute Gasteiger partial charge is 0.299 e. The van der Waals surface area contributed by atoms with Crippen LogP contribution in [-0.2, 0) is 0 Å². The zero-order valence-electron chi connectivity index (χ0n) is 8.08. The van der Waals surface area contributed by atoms with Crippen LogP contribution in [0.4, 0.5) is 4.39 Å². The maximum atomic E-state index is 13.5. The summed E-state index contributed by atoms with van der Waals surface area (Å²) in [6, 6.07) is 0. The Balaban J connectivity index is 4.54. The highest BCUT2D eigenvalue weighted by Gasteiger charge is 2.41. The van der Waals surface area contributed by atoms with Gasteiger partial charge in [0.2, 0.25) is 0 Å². The molecule has 1 unspecified atom stereocenters. The van der Waals surface area contributed by atoms with E-state index in [9.17, 15) is 4.39 Å². The molecule has 0 spiro atoms. The zero-order chi connectivity index (χ0) is 9.12. The second kappa shape index (κ2) is 3.53. The van der Waals surface area contributed by atoms with Crippen LogP contribution in [0.25, 0.3) is 0 Å². The molecule has 2 heteroatoms. The van der Waals surface area contributed by atoms with Crippen molar-refractivity contribution < 1.29 is 4.39 Å². The van der Waals surface area contributed by atoms with Crippen molar-refractivity contribution >= 4 is 0 Å². The molecule has 0 saturated heterocycles. The predicted molar refractivity (Wildman–Crippen MR) is 47.0 cm³/mol. The van der Waals surface area contributed by atoms with E-state index < -0.39 is 5.79 Å². The lowest BCUT2D eigenvalue weighted by molar-refractivity contribution is -0.000184. The van der Waals surface area contributed by atoms with Gasteiger partial charge in [0.05, 0.1) is 0 Å². The molecule has 68 valence electrons. The number of rotatable bonds is 4. The predicted octanol–water partition coefficient (Wildman–Crippen LogP) is 2.85. The zero-order valence-corrected chi connectivity index (χ0v) is 8.08. The molecule has 1 atom stereocenters. The number of hydrogen-bond donors (Lipinski definition) is 1. The summed E-state index contributed by atoms with van der Waals surface area (Å²) in [6.07, 6.45) is 2.43. The SMILES string of the molecule is CCC(CC)(CC)C(C)(N)F. The van der Waals surface area contributed by atoms with Gasteiger partial charge in [-0.15, -0.1) is 0 Å². The lowest BCUT2D eigenvalue weighted by Crippen LogP contribution is -2.48. The third-order valence-corrected chi connectivity index (χ3v) is 3.07. The fourth-order valence-corrected chi connectivity index (χ4v) is 1.79. The van der Waals surface area contributed by atoms with E-state index in [1.807, 2.05) is 20.8 Å². The van der Waals surface area contributed by atoms with Gasteiger partial charge in [-0.2, -0.15) is 0 Å². The van der Waals surface area contributed by atoms with Gasteiger partial charge in [-0.1, -0.05) is 20.8 Å². The molecule has 1 nitrogen and oxygen atoms in total. The van der Waals surface area contributed by atoms with Crippen LogP contribution in [0.15, 0.2) is 0 Å². The first kappa shape index (κ1) is 10.9. The number of alkyl halides is 1. The van der Waals surface area contributed by atoms with Crippen molar-refractivity contribution in [2.75, 3.05) is 0 Å². The number of nitrogens with two attached hydrogens (primary N) is 1. The Labute approximate surface area is 69.2 Å². The van der Waals surface area contributed by atoms with E-state index in [0.717, 1.165) is 19.3 Å². The Kier molecular flexibility index (Phi) is 3.49. The first-order chi connectivity index (χ1) is 4.93. The maximum Gasteiger partial charge on any atom is 0.161 e. The van der Waals surface area contributed by atoms with Gasteiger partial charge in [-0.25, -0.2) is 4.39 Å². The van der Waals surface area contributed by atoms with Gasteiger partial charge < -0.3 is 0 Å². The van der Waals surface area contributed by atoms with Crippen molar-refractivity contribution in [1.29, 1.82) is 0 Å². The number of halogens is 1. The highest BCUT2D eigenvalue weighted by molar-refractivity contribution is 4.89. The summed E-state index contributed by atoms with van der Waals surface area (Å²) < 4.78 is 13.5. The van der Waals surface area contributed by atoms with E-state index in [1.54, 1.807) is 0 Å². The lowest BCUT2D eigenvalue weighted by atomic mass is 9.73. The summed E-state index contributed by atoms with van der Waals surface area (Å²) in [7, 11) is 0. The van der Waals surface area contributed by atoms with E-state index in [1.165, 1.54) is 6.92 Å². The van der Waals surface area contributed by atoms with Crippen molar-refractivity contribution in [3.63, 3.8) is 0 Å². The van der Waals surface area contributed by atoms with Gasteiger partial charge in [0.1, 0.15) is 0 Å². The third kappa shape index (κ3) is 1.92. The molecule has 0 heterocycles. The van der Waals surface area contributed by atoms with Crippen LogP contribution in [0.3, 0.4) is 0 Å². The summed E-state index contributed by atoms with van der Waals surface area (Å²) in [5, 5.41) is 0. The van der Waals surface area contributed by atoms with Crippen molar-refractivity contribution in [3.8, 4) is 0 Å². The first-order valence-electron chi connectivity index (χ1n) is 4.41.